The molecule has 4 rings (SSSR count). The van der Waals surface area contributed by atoms with Gasteiger partial charge in [0.2, 0.25) is 11.1 Å². The van der Waals surface area contributed by atoms with Crippen molar-refractivity contribution in [1.82, 2.24) is 14.8 Å². The van der Waals surface area contributed by atoms with E-state index in [-0.39, 0.29) is 12.0 Å². The maximum atomic E-state index is 12.8. The standard InChI is InChI=1S/C23H24N4O2S/c1-4-29-21(28)19-16(3)24-22-25-23(30-14-17-8-6-5-7-9-17)26-27(22)20(19)18-12-10-15(2)11-13-18/h5-13,20H,4,14H2,1-3H3,(H,24,25,26)/t20-/m1/s1. The minimum Gasteiger partial charge on any atom is -0.463 e. The second kappa shape index (κ2) is 8.75. The number of hydrogen-bond donors (Lipinski definition) is 1. The van der Waals surface area contributed by atoms with Crippen molar-refractivity contribution in [2.45, 2.75) is 37.7 Å². The van der Waals surface area contributed by atoms with Crippen LogP contribution in [0.3, 0.4) is 0 Å². The van der Waals surface area contributed by atoms with Crippen LogP contribution in [0.25, 0.3) is 0 Å². The first kappa shape index (κ1) is 20.2. The van der Waals surface area contributed by atoms with Gasteiger partial charge in [-0.15, -0.1) is 5.10 Å². The summed E-state index contributed by atoms with van der Waals surface area (Å²) in [6.45, 7) is 6.05. The molecule has 6 nitrogen and oxygen atoms in total. The quantitative estimate of drug-likeness (QED) is 0.459. The van der Waals surface area contributed by atoms with Crippen LogP contribution in [0.15, 0.2) is 71.0 Å². The molecule has 0 unspecified atom stereocenters. The molecule has 0 saturated carbocycles. The minimum absolute atomic E-state index is 0.318. The fourth-order valence-electron chi connectivity index (χ4n) is 3.44. The van der Waals surface area contributed by atoms with Crippen molar-refractivity contribution in [3.8, 4) is 0 Å². The highest BCUT2D eigenvalue weighted by atomic mass is 32.2. The Morgan fingerprint density at radius 3 is 2.57 bits per heavy atom. The van der Waals surface area contributed by atoms with E-state index in [0.717, 1.165) is 22.6 Å². The number of fused-ring (bicyclic) bond motifs is 1. The number of hydrogen-bond acceptors (Lipinski definition) is 6. The van der Waals surface area contributed by atoms with Crippen molar-refractivity contribution in [2.75, 3.05) is 11.9 Å². The van der Waals surface area contributed by atoms with Gasteiger partial charge < -0.3 is 10.1 Å². The van der Waals surface area contributed by atoms with Crippen LogP contribution in [-0.4, -0.2) is 27.3 Å². The monoisotopic (exact) mass is 420 g/mol. The molecule has 2 aromatic carbocycles. The Hall–Kier alpha value is -3.06. The van der Waals surface area contributed by atoms with E-state index in [9.17, 15) is 4.79 Å². The number of carbonyl (C=O) groups is 1. The van der Waals surface area contributed by atoms with Crippen molar-refractivity contribution in [2.24, 2.45) is 0 Å². The average Bonchev–Trinajstić information content (AvgIpc) is 3.15. The SMILES string of the molecule is CCOC(=O)C1=C(C)Nc2nc(SCc3ccccc3)nn2[C@@H]1c1ccc(C)cc1. The van der Waals surface area contributed by atoms with Gasteiger partial charge in [0.25, 0.3) is 0 Å². The molecule has 0 spiro atoms. The summed E-state index contributed by atoms with van der Waals surface area (Å²) in [6.07, 6.45) is 0. The van der Waals surface area contributed by atoms with E-state index in [1.54, 1.807) is 16.4 Å². The number of esters is 1. The number of nitrogens with one attached hydrogen (secondary N) is 1. The van der Waals surface area contributed by atoms with Crippen LogP contribution in [0.4, 0.5) is 5.95 Å². The van der Waals surface area contributed by atoms with E-state index in [1.807, 2.05) is 63.2 Å². The largest absolute Gasteiger partial charge is 0.463 e. The number of thioether (sulfide) groups is 1. The zero-order valence-electron chi connectivity index (χ0n) is 17.3. The van der Waals surface area contributed by atoms with Crippen molar-refractivity contribution in [3.05, 3.63) is 82.6 Å². The lowest BCUT2D eigenvalue weighted by atomic mass is 9.95. The zero-order valence-corrected chi connectivity index (χ0v) is 18.1. The molecule has 1 aromatic heterocycles. The summed E-state index contributed by atoms with van der Waals surface area (Å²) < 4.78 is 7.14. The van der Waals surface area contributed by atoms with Gasteiger partial charge in [-0.05, 0) is 31.9 Å². The van der Waals surface area contributed by atoms with E-state index in [1.165, 1.54) is 5.56 Å². The number of ether oxygens (including phenoxy) is 1. The Labute approximate surface area is 180 Å². The topological polar surface area (TPSA) is 69.0 Å². The third kappa shape index (κ3) is 4.11. The van der Waals surface area contributed by atoms with Crippen LogP contribution in [0.5, 0.6) is 0 Å². The smallest absolute Gasteiger partial charge is 0.338 e. The van der Waals surface area contributed by atoms with E-state index in [0.29, 0.717) is 23.3 Å². The Morgan fingerprint density at radius 1 is 1.13 bits per heavy atom. The molecule has 1 N–H and O–H groups in total. The van der Waals surface area contributed by atoms with Gasteiger partial charge in [0, 0.05) is 11.4 Å². The highest BCUT2D eigenvalue weighted by Crippen LogP contribution is 2.37. The minimum atomic E-state index is -0.389. The second-order valence-corrected chi connectivity index (χ2v) is 8.08. The summed E-state index contributed by atoms with van der Waals surface area (Å²) in [4.78, 5) is 17.5. The van der Waals surface area contributed by atoms with Gasteiger partial charge in [-0.3, -0.25) is 0 Å². The third-order valence-electron chi connectivity index (χ3n) is 4.93. The first-order chi connectivity index (χ1) is 14.6. The number of aryl methyl sites for hydroxylation is 1. The molecule has 0 saturated heterocycles. The fraction of sp³-hybridized carbons (Fsp3) is 0.261. The van der Waals surface area contributed by atoms with Gasteiger partial charge in [0.1, 0.15) is 6.04 Å². The number of allylic oxidation sites excluding steroid dienone is 1. The van der Waals surface area contributed by atoms with Gasteiger partial charge >= 0.3 is 5.97 Å². The Balaban J connectivity index is 1.70. The molecule has 3 aromatic rings. The molecule has 0 amide bonds. The van der Waals surface area contributed by atoms with Gasteiger partial charge in [-0.2, -0.15) is 4.98 Å². The van der Waals surface area contributed by atoms with Gasteiger partial charge in [-0.25, -0.2) is 9.48 Å². The predicted octanol–water partition coefficient (Wildman–Crippen LogP) is 4.73. The van der Waals surface area contributed by atoms with Crippen LogP contribution in [0, 0.1) is 6.92 Å². The number of anilines is 1. The Kier molecular flexibility index (Phi) is 5.90. The maximum Gasteiger partial charge on any atom is 0.338 e. The van der Waals surface area contributed by atoms with Gasteiger partial charge in [-0.1, -0.05) is 71.9 Å². The Bertz CT molecular complexity index is 1070. The van der Waals surface area contributed by atoms with Crippen LogP contribution in [0.2, 0.25) is 0 Å². The molecule has 0 aliphatic carbocycles. The molecule has 1 aliphatic rings. The molecule has 2 heterocycles. The lowest BCUT2D eigenvalue weighted by Gasteiger charge is -2.28. The zero-order chi connectivity index (χ0) is 21.1. The van der Waals surface area contributed by atoms with E-state index in [4.69, 9.17) is 9.84 Å². The normalized spacial score (nSPS) is 15.5. The summed E-state index contributed by atoms with van der Waals surface area (Å²) in [5.74, 6) is 1.06. The van der Waals surface area contributed by atoms with Crippen LogP contribution in [-0.2, 0) is 15.3 Å². The highest BCUT2D eigenvalue weighted by molar-refractivity contribution is 7.98. The number of benzene rings is 2. The molecular weight excluding hydrogens is 396 g/mol. The van der Waals surface area contributed by atoms with Crippen molar-refractivity contribution in [1.29, 1.82) is 0 Å². The van der Waals surface area contributed by atoms with Crippen molar-refractivity contribution >= 4 is 23.7 Å². The summed E-state index contributed by atoms with van der Waals surface area (Å²) in [6, 6.07) is 18.0. The molecule has 7 heteroatoms. The first-order valence-corrected chi connectivity index (χ1v) is 10.9. The van der Waals surface area contributed by atoms with Crippen molar-refractivity contribution < 1.29 is 9.53 Å². The molecule has 154 valence electrons. The lowest BCUT2D eigenvalue weighted by molar-refractivity contribution is -0.139. The molecular formula is C23H24N4O2S. The van der Waals surface area contributed by atoms with Crippen LogP contribution >= 0.6 is 11.8 Å². The fourth-order valence-corrected chi connectivity index (χ4v) is 4.23. The van der Waals surface area contributed by atoms with E-state index < -0.39 is 0 Å². The second-order valence-electron chi connectivity index (χ2n) is 7.13. The van der Waals surface area contributed by atoms with Crippen molar-refractivity contribution in [3.63, 3.8) is 0 Å². The molecule has 1 atom stereocenters. The third-order valence-corrected chi connectivity index (χ3v) is 5.84. The molecule has 0 radical (unpaired) electrons. The molecule has 30 heavy (non-hydrogen) atoms. The Morgan fingerprint density at radius 2 is 1.87 bits per heavy atom. The van der Waals surface area contributed by atoms with Crippen LogP contribution in [0.1, 0.15) is 36.6 Å². The highest BCUT2D eigenvalue weighted by Gasteiger charge is 2.35. The number of aromatic nitrogens is 3. The van der Waals surface area contributed by atoms with E-state index in [2.05, 4.69) is 22.4 Å². The van der Waals surface area contributed by atoms with E-state index >= 15 is 0 Å². The average molecular weight is 421 g/mol. The molecule has 1 aliphatic heterocycles. The predicted molar refractivity (Wildman–Crippen MR) is 118 cm³/mol. The summed E-state index contributed by atoms with van der Waals surface area (Å²) in [5, 5.41) is 8.63. The lowest BCUT2D eigenvalue weighted by Crippen LogP contribution is -2.29. The summed E-state index contributed by atoms with van der Waals surface area (Å²) >= 11 is 1.57. The van der Waals surface area contributed by atoms with Gasteiger partial charge in [0.15, 0.2) is 0 Å². The molecule has 0 fully saturated rings. The summed E-state index contributed by atoms with van der Waals surface area (Å²) in [5.41, 5.74) is 4.62. The summed E-state index contributed by atoms with van der Waals surface area (Å²) in [7, 11) is 0. The van der Waals surface area contributed by atoms with Gasteiger partial charge in [0.05, 0.1) is 12.2 Å². The number of carbonyl (C=O) groups excluding carboxylic acids is 1. The van der Waals surface area contributed by atoms with Crippen LogP contribution < -0.4 is 5.32 Å². The number of nitrogens with zero attached hydrogens (tertiary/aromatic N) is 3. The number of rotatable bonds is 6. The first-order valence-electron chi connectivity index (χ1n) is 9.91. The maximum absolute atomic E-state index is 12.8. The molecule has 0 bridgehead atoms.